The van der Waals surface area contributed by atoms with E-state index in [4.69, 9.17) is 4.74 Å². The van der Waals surface area contributed by atoms with Crippen molar-refractivity contribution in [1.29, 1.82) is 0 Å². The number of amides is 3. The fourth-order valence-electron chi connectivity index (χ4n) is 1.11. The third kappa shape index (κ3) is 2.12. The predicted molar refractivity (Wildman–Crippen MR) is 42.6 cm³/mol. The summed E-state index contributed by atoms with van der Waals surface area (Å²) in [6.07, 6.45) is 0.271. The average Bonchev–Trinajstić information content (AvgIpc) is 2.42. The van der Waals surface area contributed by atoms with Crippen LogP contribution in [0.1, 0.15) is 19.8 Å². The van der Waals surface area contributed by atoms with Gasteiger partial charge in [-0.1, -0.05) is 0 Å². The molecule has 0 saturated carbocycles. The Morgan fingerprint density at radius 3 is 2.38 bits per heavy atom. The topological polar surface area (TPSA) is 63.7 Å². The molecule has 5 nitrogen and oxygen atoms in total. The molecule has 1 rings (SSSR count). The Morgan fingerprint density at radius 1 is 1.38 bits per heavy atom. The zero-order valence-electron chi connectivity index (χ0n) is 7.41. The maximum atomic E-state index is 11.2. The first-order valence-electron chi connectivity index (χ1n) is 4.13. The highest BCUT2D eigenvalue weighted by atomic mass is 16.5. The fourth-order valence-corrected chi connectivity index (χ4v) is 1.11. The number of carbonyl (C=O) groups is 3. The quantitative estimate of drug-likeness (QED) is 0.566. The number of imide groups is 3. The van der Waals surface area contributed by atoms with Crippen LogP contribution >= 0.6 is 0 Å². The fraction of sp³-hybridized carbons (Fsp3) is 0.625. The van der Waals surface area contributed by atoms with Gasteiger partial charge in [0, 0.05) is 19.4 Å². The molecule has 1 aliphatic heterocycles. The zero-order chi connectivity index (χ0) is 9.84. The largest absolute Gasteiger partial charge is 0.372 e. The standard InChI is InChI=1S/C8H11NO4/c1-2-13-5-8(12)9-6(10)3-4-7(9)11/h2-5H2,1H3. The molecule has 5 heteroatoms. The molecule has 0 atom stereocenters. The highest BCUT2D eigenvalue weighted by Crippen LogP contribution is 2.11. The van der Waals surface area contributed by atoms with Gasteiger partial charge in [-0.15, -0.1) is 0 Å². The molecule has 0 N–H and O–H groups in total. The van der Waals surface area contributed by atoms with Crippen molar-refractivity contribution in [3.8, 4) is 0 Å². The Bertz CT molecular complexity index is 233. The van der Waals surface area contributed by atoms with E-state index in [1.54, 1.807) is 6.92 Å². The molecule has 1 heterocycles. The van der Waals surface area contributed by atoms with E-state index in [1.807, 2.05) is 0 Å². The van der Waals surface area contributed by atoms with Crippen molar-refractivity contribution in [2.24, 2.45) is 0 Å². The van der Waals surface area contributed by atoms with E-state index in [1.165, 1.54) is 0 Å². The predicted octanol–water partition coefficient (Wildman–Crippen LogP) is -0.302. The summed E-state index contributed by atoms with van der Waals surface area (Å²) >= 11 is 0. The van der Waals surface area contributed by atoms with E-state index in [-0.39, 0.29) is 19.4 Å². The van der Waals surface area contributed by atoms with Gasteiger partial charge in [-0.25, -0.2) is 4.90 Å². The van der Waals surface area contributed by atoms with Crippen molar-refractivity contribution >= 4 is 17.7 Å². The summed E-state index contributed by atoms with van der Waals surface area (Å²) in [5.41, 5.74) is 0. The summed E-state index contributed by atoms with van der Waals surface area (Å²) in [5, 5.41) is 0. The molecule has 3 amide bonds. The molecular formula is C8H11NO4. The lowest BCUT2D eigenvalue weighted by Crippen LogP contribution is -2.38. The van der Waals surface area contributed by atoms with Crippen LogP contribution in [0, 0.1) is 0 Å². The second-order valence-electron chi connectivity index (χ2n) is 2.65. The summed E-state index contributed by atoms with van der Waals surface area (Å²) < 4.78 is 4.81. The number of likely N-dealkylation sites (tertiary alicyclic amines) is 1. The number of rotatable bonds is 3. The van der Waals surface area contributed by atoms with Crippen LogP contribution in [0.3, 0.4) is 0 Å². The summed E-state index contributed by atoms with van der Waals surface area (Å²) in [4.78, 5) is 33.9. The van der Waals surface area contributed by atoms with Crippen molar-refractivity contribution in [2.75, 3.05) is 13.2 Å². The monoisotopic (exact) mass is 185 g/mol. The summed E-state index contributed by atoms with van der Waals surface area (Å²) in [6.45, 7) is 1.93. The van der Waals surface area contributed by atoms with Crippen LogP contribution in [-0.4, -0.2) is 35.8 Å². The molecular weight excluding hydrogens is 174 g/mol. The van der Waals surface area contributed by atoms with Crippen LogP contribution in [-0.2, 0) is 19.1 Å². The van der Waals surface area contributed by atoms with E-state index >= 15 is 0 Å². The maximum Gasteiger partial charge on any atom is 0.262 e. The number of hydrogen-bond donors (Lipinski definition) is 0. The van der Waals surface area contributed by atoms with Gasteiger partial charge in [0.2, 0.25) is 11.8 Å². The molecule has 0 unspecified atom stereocenters. The number of carbonyl (C=O) groups excluding carboxylic acids is 3. The summed E-state index contributed by atoms with van der Waals surface area (Å²) in [5.74, 6) is -1.40. The van der Waals surface area contributed by atoms with E-state index in [2.05, 4.69) is 0 Å². The Labute approximate surface area is 75.6 Å². The highest BCUT2D eigenvalue weighted by Gasteiger charge is 2.33. The summed E-state index contributed by atoms with van der Waals surface area (Å²) in [6, 6.07) is 0. The lowest BCUT2D eigenvalue weighted by molar-refractivity contribution is -0.151. The molecule has 0 bridgehead atoms. The number of nitrogens with zero attached hydrogens (tertiary/aromatic N) is 1. The van der Waals surface area contributed by atoms with E-state index in [0.29, 0.717) is 11.5 Å². The molecule has 0 aromatic heterocycles. The minimum Gasteiger partial charge on any atom is -0.372 e. The van der Waals surface area contributed by atoms with Crippen molar-refractivity contribution in [3.63, 3.8) is 0 Å². The van der Waals surface area contributed by atoms with Crippen molar-refractivity contribution in [1.82, 2.24) is 4.90 Å². The number of hydrogen-bond acceptors (Lipinski definition) is 4. The Kier molecular flexibility index (Phi) is 3.13. The van der Waals surface area contributed by atoms with Gasteiger partial charge in [-0.3, -0.25) is 14.4 Å². The Balaban J connectivity index is 2.54. The maximum absolute atomic E-state index is 11.2. The van der Waals surface area contributed by atoms with Crippen LogP contribution < -0.4 is 0 Å². The molecule has 1 saturated heterocycles. The van der Waals surface area contributed by atoms with Crippen molar-refractivity contribution < 1.29 is 19.1 Å². The van der Waals surface area contributed by atoms with Crippen LogP contribution in [0.15, 0.2) is 0 Å². The van der Waals surface area contributed by atoms with Crippen molar-refractivity contribution in [2.45, 2.75) is 19.8 Å². The molecule has 13 heavy (non-hydrogen) atoms. The molecule has 0 aromatic carbocycles. The second-order valence-corrected chi connectivity index (χ2v) is 2.65. The SMILES string of the molecule is CCOCC(=O)N1C(=O)CCC1=O. The van der Waals surface area contributed by atoms with Gasteiger partial charge in [0.05, 0.1) is 0 Å². The van der Waals surface area contributed by atoms with Gasteiger partial charge in [0.1, 0.15) is 6.61 Å². The minimum absolute atomic E-state index is 0.136. The molecule has 1 aliphatic rings. The molecule has 0 aromatic rings. The van der Waals surface area contributed by atoms with E-state index in [0.717, 1.165) is 0 Å². The van der Waals surface area contributed by atoms with Gasteiger partial charge in [0.25, 0.3) is 5.91 Å². The average molecular weight is 185 g/mol. The first-order valence-corrected chi connectivity index (χ1v) is 4.13. The Hall–Kier alpha value is -1.23. The second kappa shape index (κ2) is 4.13. The third-order valence-corrected chi connectivity index (χ3v) is 1.73. The third-order valence-electron chi connectivity index (χ3n) is 1.73. The molecule has 0 radical (unpaired) electrons. The van der Waals surface area contributed by atoms with E-state index < -0.39 is 17.7 Å². The van der Waals surface area contributed by atoms with Gasteiger partial charge < -0.3 is 4.74 Å². The van der Waals surface area contributed by atoms with E-state index in [9.17, 15) is 14.4 Å². The Morgan fingerprint density at radius 2 is 1.92 bits per heavy atom. The molecule has 1 fully saturated rings. The van der Waals surface area contributed by atoms with Crippen LogP contribution in [0.5, 0.6) is 0 Å². The number of ether oxygens (including phenoxy) is 1. The summed E-state index contributed by atoms with van der Waals surface area (Å²) in [7, 11) is 0. The van der Waals surface area contributed by atoms with Crippen molar-refractivity contribution in [3.05, 3.63) is 0 Å². The normalized spacial score (nSPS) is 16.8. The smallest absolute Gasteiger partial charge is 0.262 e. The van der Waals surface area contributed by atoms with Gasteiger partial charge in [-0.05, 0) is 6.92 Å². The van der Waals surface area contributed by atoms with Crippen LogP contribution in [0.4, 0.5) is 0 Å². The zero-order valence-corrected chi connectivity index (χ0v) is 7.41. The lowest BCUT2D eigenvalue weighted by Gasteiger charge is -2.10. The molecule has 0 aliphatic carbocycles. The van der Waals surface area contributed by atoms with Gasteiger partial charge >= 0.3 is 0 Å². The highest BCUT2D eigenvalue weighted by molar-refractivity contribution is 6.15. The molecule has 0 spiro atoms. The molecule has 72 valence electrons. The minimum atomic E-state index is -0.561. The lowest BCUT2D eigenvalue weighted by atomic mass is 10.4. The van der Waals surface area contributed by atoms with Crippen LogP contribution in [0.25, 0.3) is 0 Å². The first kappa shape index (κ1) is 9.85. The van der Waals surface area contributed by atoms with Gasteiger partial charge in [0.15, 0.2) is 0 Å². The first-order chi connectivity index (χ1) is 6.16. The van der Waals surface area contributed by atoms with Gasteiger partial charge in [-0.2, -0.15) is 0 Å². The van der Waals surface area contributed by atoms with Crippen LogP contribution in [0.2, 0.25) is 0 Å².